The van der Waals surface area contributed by atoms with E-state index >= 15 is 0 Å². The normalized spacial score (nSPS) is 16.3. The summed E-state index contributed by atoms with van der Waals surface area (Å²) in [7, 11) is 0. The van der Waals surface area contributed by atoms with Gasteiger partial charge in [0.25, 0.3) is 0 Å². The van der Waals surface area contributed by atoms with Gasteiger partial charge in [-0.15, -0.1) is 11.3 Å². The molecule has 0 saturated heterocycles. The number of rotatable bonds is 7. The summed E-state index contributed by atoms with van der Waals surface area (Å²) in [4.78, 5) is 2.51. The van der Waals surface area contributed by atoms with E-state index in [2.05, 4.69) is 62.2 Å². The molecule has 1 heterocycles. The summed E-state index contributed by atoms with van der Waals surface area (Å²) in [6.07, 6.45) is 2.03. The molecule has 3 heteroatoms. The van der Waals surface area contributed by atoms with E-state index < -0.39 is 0 Å². The quantitative estimate of drug-likeness (QED) is 0.827. The fourth-order valence-electron chi connectivity index (χ4n) is 3.31. The van der Waals surface area contributed by atoms with Gasteiger partial charge in [-0.1, -0.05) is 39.0 Å². The number of nitrogens with two attached hydrogens (primary N) is 1. The second-order valence-corrected chi connectivity index (χ2v) is 6.86. The number of hydrogen-bond acceptors (Lipinski definition) is 3. The molecule has 2 aromatic rings. The summed E-state index contributed by atoms with van der Waals surface area (Å²) in [5, 5.41) is 3.65. The first-order chi connectivity index (χ1) is 10.1. The van der Waals surface area contributed by atoms with Gasteiger partial charge in [0.15, 0.2) is 0 Å². The maximum atomic E-state index is 6.66. The molecule has 0 aliphatic heterocycles. The highest BCUT2D eigenvalue weighted by atomic mass is 32.1. The predicted molar refractivity (Wildman–Crippen MR) is 95.1 cm³/mol. The molecule has 2 rings (SSSR count). The Kier molecular flexibility index (Phi) is 5.42. The van der Waals surface area contributed by atoms with Crippen LogP contribution in [0.15, 0.2) is 29.6 Å². The van der Waals surface area contributed by atoms with Gasteiger partial charge in [-0.2, -0.15) is 0 Å². The first-order valence-corrected chi connectivity index (χ1v) is 8.90. The van der Waals surface area contributed by atoms with Gasteiger partial charge in [0.2, 0.25) is 0 Å². The van der Waals surface area contributed by atoms with Gasteiger partial charge in [0.05, 0.1) is 0 Å². The third-order valence-corrected chi connectivity index (χ3v) is 6.01. The van der Waals surface area contributed by atoms with Crippen LogP contribution in [0.3, 0.4) is 0 Å². The molecule has 2 atom stereocenters. The number of hydrogen-bond donors (Lipinski definition) is 1. The Morgan fingerprint density at radius 1 is 1.19 bits per heavy atom. The van der Waals surface area contributed by atoms with Crippen molar-refractivity contribution in [2.45, 2.75) is 52.1 Å². The molecule has 0 fully saturated rings. The Bertz CT molecular complexity index is 573. The Morgan fingerprint density at radius 3 is 2.48 bits per heavy atom. The first kappa shape index (κ1) is 16.5. The fourth-order valence-corrected chi connectivity index (χ4v) is 4.29. The van der Waals surface area contributed by atoms with Crippen LogP contribution in [0, 0.1) is 0 Å². The molecule has 0 aliphatic rings. The fraction of sp³-hybridized carbons (Fsp3) is 0.556. The predicted octanol–water partition coefficient (Wildman–Crippen LogP) is 4.28. The zero-order valence-corrected chi connectivity index (χ0v) is 14.5. The van der Waals surface area contributed by atoms with Crippen molar-refractivity contribution in [2.75, 3.05) is 13.1 Å². The number of thiophene rings is 1. The minimum absolute atomic E-state index is 0.0620. The molecule has 2 N–H and O–H groups in total. The molecule has 2 unspecified atom stereocenters. The van der Waals surface area contributed by atoms with Gasteiger partial charge in [0.1, 0.15) is 0 Å². The second-order valence-electron chi connectivity index (χ2n) is 5.95. The Hall–Kier alpha value is -0.900. The van der Waals surface area contributed by atoms with Crippen molar-refractivity contribution in [3.63, 3.8) is 0 Å². The summed E-state index contributed by atoms with van der Waals surface area (Å²) in [6, 6.07) is 8.79. The molecule has 0 amide bonds. The van der Waals surface area contributed by atoms with Crippen molar-refractivity contribution < 1.29 is 0 Å². The van der Waals surface area contributed by atoms with Gasteiger partial charge in [-0.05, 0) is 55.3 Å². The van der Waals surface area contributed by atoms with Gasteiger partial charge in [-0.3, -0.25) is 4.90 Å². The molecule has 0 spiro atoms. The van der Waals surface area contributed by atoms with E-state index in [1.807, 2.05) is 11.3 Å². The lowest BCUT2D eigenvalue weighted by molar-refractivity contribution is 0.0846. The molecule has 21 heavy (non-hydrogen) atoms. The highest BCUT2D eigenvalue weighted by molar-refractivity contribution is 7.17. The summed E-state index contributed by atoms with van der Waals surface area (Å²) in [5.74, 6) is 0. The van der Waals surface area contributed by atoms with E-state index in [0.29, 0.717) is 0 Å². The van der Waals surface area contributed by atoms with Crippen LogP contribution in [0.4, 0.5) is 0 Å². The SMILES string of the molecule is CCN(CC)C(C)(CC)C(N)Cc1csc2ccccc12. The van der Waals surface area contributed by atoms with Gasteiger partial charge in [-0.25, -0.2) is 0 Å². The monoisotopic (exact) mass is 304 g/mol. The van der Waals surface area contributed by atoms with Crippen LogP contribution in [0.2, 0.25) is 0 Å². The maximum absolute atomic E-state index is 6.66. The molecule has 0 aliphatic carbocycles. The van der Waals surface area contributed by atoms with Crippen molar-refractivity contribution >= 4 is 21.4 Å². The van der Waals surface area contributed by atoms with Crippen molar-refractivity contribution in [1.82, 2.24) is 4.90 Å². The average molecular weight is 305 g/mol. The van der Waals surface area contributed by atoms with Gasteiger partial charge < -0.3 is 5.73 Å². The summed E-state index contributed by atoms with van der Waals surface area (Å²) in [6.45, 7) is 11.1. The molecule has 2 nitrogen and oxygen atoms in total. The topological polar surface area (TPSA) is 29.3 Å². The first-order valence-electron chi connectivity index (χ1n) is 8.02. The lowest BCUT2D eigenvalue weighted by Crippen LogP contribution is -2.58. The minimum atomic E-state index is 0.0620. The zero-order chi connectivity index (χ0) is 15.5. The zero-order valence-electron chi connectivity index (χ0n) is 13.7. The van der Waals surface area contributed by atoms with E-state index in [0.717, 1.165) is 25.9 Å². The van der Waals surface area contributed by atoms with Crippen molar-refractivity contribution in [3.05, 3.63) is 35.2 Å². The molecule has 116 valence electrons. The van der Waals surface area contributed by atoms with Crippen molar-refractivity contribution in [3.8, 4) is 0 Å². The summed E-state index contributed by atoms with van der Waals surface area (Å²) in [5.41, 5.74) is 8.12. The third kappa shape index (κ3) is 3.15. The van der Waals surface area contributed by atoms with Crippen LogP contribution in [-0.2, 0) is 6.42 Å². The van der Waals surface area contributed by atoms with Crippen LogP contribution in [0.25, 0.3) is 10.1 Å². The van der Waals surface area contributed by atoms with E-state index in [-0.39, 0.29) is 11.6 Å². The molecule has 0 saturated carbocycles. The van der Waals surface area contributed by atoms with Crippen LogP contribution < -0.4 is 5.73 Å². The lowest BCUT2D eigenvalue weighted by Gasteiger charge is -2.44. The van der Waals surface area contributed by atoms with E-state index in [4.69, 9.17) is 5.73 Å². The second kappa shape index (κ2) is 6.91. The number of nitrogens with zero attached hydrogens (tertiary/aromatic N) is 1. The Labute approximate surface area is 133 Å². The van der Waals surface area contributed by atoms with E-state index in [9.17, 15) is 0 Å². The standard InChI is InChI=1S/C18H28N2S/c1-5-18(4,20(6-2)7-3)17(19)12-14-13-21-16-11-9-8-10-15(14)16/h8-11,13,17H,5-7,12,19H2,1-4H3. The third-order valence-electron chi connectivity index (χ3n) is 5.00. The van der Waals surface area contributed by atoms with Crippen LogP contribution >= 0.6 is 11.3 Å². The van der Waals surface area contributed by atoms with Gasteiger partial charge in [0, 0.05) is 16.3 Å². The number of fused-ring (bicyclic) bond motifs is 1. The molecular weight excluding hydrogens is 276 g/mol. The summed E-state index contributed by atoms with van der Waals surface area (Å²) >= 11 is 1.82. The molecule has 0 radical (unpaired) electrons. The smallest absolute Gasteiger partial charge is 0.0345 e. The highest BCUT2D eigenvalue weighted by Crippen LogP contribution is 2.30. The van der Waals surface area contributed by atoms with Crippen molar-refractivity contribution in [2.24, 2.45) is 5.73 Å². The maximum Gasteiger partial charge on any atom is 0.0345 e. The lowest BCUT2D eigenvalue weighted by atomic mass is 9.84. The Balaban J connectivity index is 2.25. The highest BCUT2D eigenvalue weighted by Gasteiger charge is 2.34. The average Bonchev–Trinajstić information content (AvgIpc) is 2.91. The van der Waals surface area contributed by atoms with Crippen LogP contribution in [-0.4, -0.2) is 29.6 Å². The Morgan fingerprint density at radius 2 is 1.86 bits per heavy atom. The minimum Gasteiger partial charge on any atom is -0.326 e. The molecular formula is C18H28N2S. The van der Waals surface area contributed by atoms with Crippen LogP contribution in [0.1, 0.15) is 39.7 Å². The summed E-state index contributed by atoms with van der Waals surface area (Å²) < 4.78 is 1.36. The van der Waals surface area contributed by atoms with E-state index in [1.54, 1.807) is 0 Å². The van der Waals surface area contributed by atoms with Gasteiger partial charge >= 0.3 is 0 Å². The molecule has 0 bridgehead atoms. The number of likely N-dealkylation sites (N-methyl/N-ethyl adjacent to an activating group) is 1. The molecule has 1 aromatic heterocycles. The largest absolute Gasteiger partial charge is 0.326 e. The number of benzene rings is 1. The van der Waals surface area contributed by atoms with Crippen molar-refractivity contribution in [1.29, 1.82) is 0 Å². The van der Waals surface area contributed by atoms with E-state index in [1.165, 1.54) is 15.6 Å². The van der Waals surface area contributed by atoms with Crippen LogP contribution in [0.5, 0.6) is 0 Å². The molecule has 1 aromatic carbocycles.